The summed E-state index contributed by atoms with van der Waals surface area (Å²) in [5, 5.41) is 4.40. The van der Waals surface area contributed by atoms with Crippen LogP contribution in [0.15, 0.2) is 47.1 Å². The fourth-order valence-electron chi connectivity index (χ4n) is 2.96. The number of halogens is 1. The fraction of sp³-hybridized carbons (Fsp3) is 0.444. The molecule has 1 N–H and O–H groups in total. The van der Waals surface area contributed by atoms with Gasteiger partial charge in [0.2, 0.25) is 0 Å². The molecule has 3 rings (SSSR count). The minimum Gasteiger partial charge on any atom is -0.468 e. The van der Waals surface area contributed by atoms with Crippen LogP contribution in [0, 0.1) is 0 Å². The lowest BCUT2D eigenvalue weighted by molar-refractivity contribution is 0.197. The molecule has 0 unspecified atom stereocenters. The van der Waals surface area contributed by atoms with Gasteiger partial charge < -0.3 is 14.6 Å². The number of furan rings is 1. The zero-order valence-electron chi connectivity index (χ0n) is 12.8. The van der Waals surface area contributed by atoms with Gasteiger partial charge in [-0.3, -0.25) is 0 Å². The number of nitrogens with one attached hydrogen (secondary N) is 1. The molecule has 1 aromatic carbocycles. The van der Waals surface area contributed by atoms with Crippen LogP contribution >= 0.6 is 11.6 Å². The second kappa shape index (κ2) is 7.82. The van der Waals surface area contributed by atoms with Gasteiger partial charge in [-0.25, -0.2) is 0 Å². The number of nitrogens with zero attached hydrogens (tertiary/aromatic N) is 1. The zero-order valence-corrected chi connectivity index (χ0v) is 13.6. The molecule has 0 saturated carbocycles. The van der Waals surface area contributed by atoms with E-state index in [1.165, 1.54) is 31.5 Å². The number of hydrogen-bond acceptors (Lipinski definition) is 3. The van der Waals surface area contributed by atoms with Crippen LogP contribution in [0.3, 0.4) is 0 Å². The summed E-state index contributed by atoms with van der Waals surface area (Å²) in [5.74, 6) is 1.02. The van der Waals surface area contributed by atoms with Crippen LogP contribution in [0.4, 0.5) is 0 Å². The summed E-state index contributed by atoms with van der Waals surface area (Å²) in [7, 11) is 0. The summed E-state index contributed by atoms with van der Waals surface area (Å²) in [4.78, 5) is 2.56. The third-order valence-corrected chi connectivity index (χ3v) is 4.61. The molecule has 0 radical (unpaired) electrons. The van der Waals surface area contributed by atoms with Gasteiger partial charge in [0.1, 0.15) is 5.76 Å². The Hall–Kier alpha value is -1.29. The lowest BCUT2D eigenvalue weighted by atomic mass is 10.0. The molecule has 4 heteroatoms. The van der Waals surface area contributed by atoms with E-state index in [-0.39, 0.29) is 0 Å². The average Bonchev–Trinajstić information content (AvgIpc) is 3.07. The highest BCUT2D eigenvalue weighted by molar-refractivity contribution is 6.30. The van der Waals surface area contributed by atoms with Crippen LogP contribution in [0.2, 0.25) is 5.02 Å². The molecule has 0 spiro atoms. The first-order valence-electron chi connectivity index (χ1n) is 8.02. The molecular formula is C18H23ClN2O. The van der Waals surface area contributed by atoms with Crippen molar-refractivity contribution in [3.05, 3.63) is 59.0 Å². The number of piperidine rings is 1. The van der Waals surface area contributed by atoms with Gasteiger partial charge in [0.05, 0.1) is 12.8 Å². The highest BCUT2D eigenvalue weighted by atomic mass is 35.5. The van der Waals surface area contributed by atoms with Crippen LogP contribution < -0.4 is 5.32 Å². The first-order valence-corrected chi connectivity index (χ1v) is 8.40. The summed E-state index contributed by atoms with van der Waals surface area (Å²) >= 11 is 5.92. The predicted octanol–water partition coefficient (Wildman–Crippen LogP) is 3.73. The van der Waals surface area contributed by atoms with Gasteiger partial charge in [-0.15, -0.1) is 0 Å². The Labute approximate surface area is 137 Å². The SMILES string of the molecule is Clc1ccc(CCN2CCC(NCc3ccco3)CC2)cc1. The Bertz CT molecular complexity index is 545. The lowest BCUT2D eigenvalue weighted by Crippen LogP contribution is -2.42. The molecule has 22 heavy (non-hydrogen) atoms. The predicted molar refractivity (Wildman–Crippen MR) is 90.2 cm³/mol. The summed E-state index contributed by atoms with van der Waals surface area (Å²) in [6, 6.07) is 12.8. The largest absolute Gasteiger partial charge is 0.468 e. The number of hydrogen-bond donors (Lipinski definition) is 1. The molecule has 0 atom stereocenters. The van der Waals surface area contributed by atoms with Crippen molar-refractivity contribution in [1.29, 1.82) is 0 Å². The minimum absolute atomic E-state index is 0.608. The Morgan fingerprint density at radius 2 is 1.91 bits per heavy atom. The molecule has 2 aromatic rings. The molecule has 1 fully saturated rings. The van der Waals surface area contributed by atoms with Crippen LogP contribution in [0.5, 0.6) is 0 Å². The molecule has 1 aromatic heterocycles. The average molecular weight is 319 g/mol. The van der Waals surface area contributed by atoms with Crippen molar-refractivity contribution in [1.82, 2.24) is 10.2 Å². The van der Waals surface area contributed by atoms with Crippen LogP contribution in [-0.4, -0.2) is 30.6 Å². The van der Waals surface area contributed by atoms with Gasteiger partial charge in [0, 0.05) is 17.6 Å². The van der Waals surface area contributed by atoms with Crippen molar-refractivity contribution in [3.8, 4) is 0 Å². The molecule has 0 amide bonds. The maximum Gasteiger partial charge on any atom is 0.117 e. The summed E-state index contributed by atoms with van der Waals surface area (Å²) in [6.45, 7) is 4.31. The van der Waals surface area contributed by atoms with Crippen molar-refractivity contribution in [2.45, 2.75) is 31.8 Å². The third kappa shape index (κ3) is 4.60. The van der Waals surface area contributed by atoms with Gasteiger partial charge in [-0.05, 0) is 62.2 Å². The molecule has 0 bridgehead atoms. The van der Waals surface area contributed by atoms with E-state index in [0.717, 1.165) is 30.3 Å². The van der Waals surface area contributed by atoms with E-state index in [1.807, 2.05) is 24.3 Å². The van der Waals surface area contributed by atoms with Gasteiger partial charge in [0.25, 0.3) is 0 Å². The fourth-order valence-corrected chi connectivity index (χ4v) is 3.08. The third-order valence-electron chi connectivity index (χ3n) is 4.36. The van der Waals surface area contributed by atoms with Gasteiger partial charge in [0.15, 0.2) is 0 Å². The Kier molecular flexibility index (Phi) is 5.54. The highest BCUT2D eigenvalue weighted by Crippen LogP contribution is 2.14. The maximum absolute atomic E-state index is 5.92. The smallest absolute Gasteiger partial charge is 0.117 e. The van der Waals surface area contributed by atoms with Gasteiger partial charge in [-0.2, -0.15) is 0 Å². The van der Waals surface area contributed by atoms with Crippen molar-refractivity contribution in [3.63, 3.8) is 0 Å². The second-order valence-electron chi connectivity index (χ2n) is 5.95. The first-order chi connectivity index (χ1) is 10.8. The Balaban J connectivity index is 1.35. The van der Waals surface area contributed by atoms with Crippen LogP contribution in [0.1, 0.15) is 24.2 Å². The van der Waals surface area contributed by atoms with Crippen molar-refractivity contribution >= 4 is 11.6 Å². The summed E-state index contributed by atoms with van der Waals surface area (Å²) < 4.78 is 5.36. The topological polar surface area (TPSA) is 28.4 Å². The van der Waals surface area contributed by atoms with E-state index in [9.17, 15) is 0 Å². The van der Waals surface area contributed by atoms with Crippen molar-refractivity contribution in [2.75, 3.05) is 19.6 Å². The first kappa shape index (κ1) is 15.6. The quantitative estimate of drug-likeness (QED) is 0.879. The Morgan fingerprint density at radius 3 is 2.59 bits per heavy atom. The van der Waals surface area contributed by atoms with E-state index < -0.39 is 0 Å². The maximum atomic E-state index is 5.92. The van der Waals surface area contributed by atoms with Gasteiger partial charge in [-0.1, -0.05) is 23.7 Å². The van der Waals surface area contributed by atoms with Crippen LogP contribution in [0.25, 0.3) is 0 Å². The number of likely N-dealkylation sites (tertiary alicyclic amines) is 1. The molecule has 3 nitrogen and oxygen atoms in total. The van der Waals surface area contributed by atoms with E-state index in [4.69, 9.17) is 16.0 Å². The van der Waals surface area contributed by atoms with E-state index in [1.54, 1.807) is 6.26 Å². The Morgan fingerprint density at radius 1 is 1.14 bits per heavy atom. The van der Waals surface area contributed by atoms with Crippen molar-refractivity contribution in [2.24, 2.45) is 0 Å². The highest BCUT2D eigenvalue weighted by Gasteiger charge is 2.18. The standard InChI is InChI=1S/C18H23ClN2O/c19-16-5-3-15(4-6-16)7-10-21-11-8-17(9-12-21)20-14-18-2-1-13-22-18/h1-6,13,17,20H,7-12,14H2. The zero-order chi connectivity index (χ0) is 15.2. The van der Waals surface area contributed by atoms with E-state index in [0.29, 0.717) is 6.04 Å². The normalized spacial score (nSPS) is 17.0. The summed E-state index contributed by atoms with van der Waals surface area (Å²) in [5.41, 5.74) is 1.36. The van der Waals surface area contributed by atoms with E-state index >= 15 is 0 Å². The molecule has 1 aliphatic rings. The lowest BCUT2D eigenvalue weighted by Gasteiger charge is -2.32. The van der Waals surface area contributed by atoms with Crippen molar-refractivity contribution < 1.29 is 4.42 Å². The number of benzene rings is 1. The number of rotatable bonds is 6. The molecule has 2 heterocycles. The molecule has 1 aliphatic heterocycles. The summed E-state index contributed by atoms with van der Waals surface area (Å²) in [6.07, 6.45) is 5.25. The molecule has 118 valence electrons. The van der Waals surface area contributed by atoms with E-state index in [2.05, 4.69) is 22.3 Å². The van der Waals surface area contributed by atoms with Gasteiger partial charge >= 0.3 is 0 Å². The van der Waals surface area contributed by atoms with Crippen LogP contribution in [-0.2, 0) is 13.0 Å². The second-order valence-corrected chi connectivity index (χ2v) is 6.39. The molecule has 0 aliphatic carbocycles. The minimum atomic E-state index is 0.608. The molecular weight excluding hydrogens is 296 g/mol. The molecule has 1 saturated heterocycles. The monoisotopic (exact) mass is 318 g/mol.